The Morgan fingerprint density at radius 1 is 1.00 bits per heavy atom. The minimum Gasteiger partial charge on any atom is -0.308 e. The summed E-state index contributed by atoms with van der Waals surface area (Å²) in [5, 5.41) is 2.98. The Labute approximate surface area is 113 Å². The lowest BCUT2D eigenvalue weighted by Crippen LogP contribution is -2.58. The molecule has 1 N–H and O–H groups in total. The summed E-state index contributed by atoms with van der Waals surface area (Å²) in [5.74, 6) is 3.05. The van der Waals surface area contributed by atoms with Crippen molar-refractivity contribution in [3.63, 3.8) is 0 Å². The molecule has 2 amide bonds. The SMILES string of the molecule is CNC1CC(=O)N(C2C3CC4CC(C3)CC2C4)C1=O. The zero-order chi connectivity index (χ0) is 13.1. The van der Waals surface area contributed by atoms with Crippen molar-refractivity contribution in [2.24, 2.45) is 23.7 Å². The van der Waals surface area contributed by atoms with Gasteiger partial charge in [-0.15, -0.1) is 0 Å². The molecule has 4 bridgehead atoms. The molecule has 1 saturated heterocycles. The summed E-state index contributed by atoms with van der Waals surface area (Å²) < 4.78 is 0. The second-order valence-corrected chi connectivity index (χ2v) is 7.07. The van der Waals surface area contributed by atoms with Gasteiger partial charge in [-0.2, -0.15) is 0 Å². The number of amides is 2. The van der Waals surface area contributed by atoms with Gasteiger partial charge in [0.1, 0.15) is 0 Å². The summed E-state index contributed by atoms with van der Waals surface area (Å²) in [6, 6.07) is -0.0455. The maximum absolute atomic E-state index is 12.4. The van der Waals surface area contributed by atoms with E-state index in [0.717, 1.165) is 11.8 Å². The van der Waals surface area contributed by atoms with Gasteiger partial charge < -0.3 is 5.32 Å². The molecule has 4 saturated carbocycles. The van der Waals surface area contributed by atoms with E-state index >= 15 is 0 Å². The van der Waals surface area contributed by atoms with Crippen molar-refractivity contribution in [1.82, 2.24) is 10.2 Å². The van der Waals surface area contributed by atoms with E-state index in [1.54, 1.807) is 11.9 Å². The van der Waals surface area contributed by atoms with Crippen molar-refractivity contribution < 1.29 is 9.59 Å². The van der Waals surface area contributed by atoms with Crippen LogP contribution in [0.5, 0.6) is 0 Å². The Morgan fingerprint density at radius 3 is 2.05 bits per heavy atom. The van der Waals surface area contributed by atoms with E-state index in [0.29, 0.717) is 18.3 Å². The Balaban J connectivity index is 1.62. The fraction of sp³-hybridized carbons (Fsp3) is 0.867. The Bertz CT molecular complexity index is 406. The molecule has 104 valence electrons. The highest BCUT2D eigenvalue weighted by atomic mass is 16.2. The fourth-order valence-electron chi connectivity index (χ4n) is 5.51. The Hall–Kier alpha value is -0.900. The molecule has 1 unspecified atom stereocenters. The van der Waals surface area contributed by atoms with Gasteiger partial charge in [0.05, 0.1) is 12.5 Å². The van der Waals surface area contributed by atoms with Crippen molar-refractivity contribution >= 4 is 11.8 Å². The van der Waals surface area contributed by atoms with Gasteiger partial charge in [0.15, 0.2) is 0 Å². The molecule has 5 fully saturated rings. The maximum Gasteiger partial charge on any atom is 0.247 e. The molecule has 0 radical (unpaired) electrons. The highest BCUT2D eigenvalue weighted by molar-refractivity contribution is 6.05. The van der Waals surface area contributed by atoms with Crippen molar-refractivity contribution in [3.8, 4) is 0 Å². The van der Waals surface area contributed by atoms with Crippen LogP contribution in [0.15, 0.2) is 0 Å². The van der Waals surface area contributed by atoms with Crippen LogP contribution in [0.1, 0.15) is 38.5 Å². The van der Waals surface area contributed by atoms with Gasteiger partial charge in [-0.1, -0.05) is 0 Å². The molecule has 1 atom stereocenters. The number of imide groups is 1. The highest BCUT2D eigenvalue weighted by Crippen LogP contribution is 2.55. The molecule has 5 rings (SSSR count). The molecular formula is C15H22N2O2. The fourth-order valence-corrected chi connectivity index (χ4v) is 5.51. The number of hydrogen-bond donors (Lipinski definition) is 1. The first-order chi connectivity index (χ1) is 9.17. The van der Waals surface area contributed by atoms with Crippen LogP contribution in [0.25, 0.3) is 0 Å². The van der Waals surface area contributed by atoms with Crippen LogP contribution in [0.2, 0.25) is 0 Å². The third-order valence-corrected chi connectivity index (χ3v) is 6.01. The van der Waals surface area contributed by atoms with E-state index in [4.69, 9.17) is 0 Å². The highest BCUT2D eigenvalue weighted by Gasteiger charge is 2.54. The van der Waals surface area contributed by atoms with Crippen LogP contribution < -0.4 is 5.32 Å². The summed E-state index contributed by atoms with van der Waals surface area (Å²) in [6.07, 6.45) is 6.76. The quantitative estimate of drug-likeness (QED) is 0.760. The number of nitrogens with one attached hydrogen (secondary N) is 1. The van der Waals surface area contributed by atoms with Crippen molar-refractivity contribution in [3.05, 3.63) is 0 Å². The van der Waals surface area contributed by atoms with Gasteiger partial charge in [-0.05, 0) is 62.8 Å². The van der Waals surface area contributed by atoms with Crippen LogP contribution in [-0.2, 0) is 9.59 Å². The average molecular weight is 262 g/mol. The first kappa shape index (κ1) is 11.9. The summed E-state index contributed by atoms with van der Waals surface area (Å²) in [4.78, 5) is 26.3. The second-order valence-electron chi connectivity index (χ2n) is 7.07. The number of carbonyl (C=O) groups is 2. The summed E-state index contributed by atoms with van der Waals surface area (Å²) >= 11 is 0. The topological polar surface area (TPSA) is 49.4 Å². The maximum atomic E-state index is 12.4. The molecule has 5 aliphatic rings. The van der Waals surface area contributed by atoms with Crippen LogP contribution >= 0.6 is 0 Å². The van der Waals surface area contributed by atoms with Crippen LogP contribution in [0.4, 0.5) is 0 Å². The van der Waals surface area contributed by atoms with Crippen LogP contribution in [0, 0.1) is 23.7 Å². The number of hydrogen-bond acceptors (Lipinski definition) is 3. The first-order valence-corrected chi connectivity index (χ1v) is 7.70. The lowest BCUT2D eigenvalue weighted by molar-refractivity contribution is -0.151. The largest absolute Gasteiger partial charge is 0.308 e. The number of nitrogens with zero attached hydrogens (tertiary/aromatic N) is 1. The summed E-state index contributed by atoms with van der Waals surface area (Å²) in [6.45, 7) is 0. The molecule has 1 heterocycles. The summed E-state index contributed by atoms with van der Waals surface area (Å²) in [5.41, 5.74) is 0. The Kier molecular flexibility index (Phi) is 2.53. The van der Waals surface area contributed by atoms with Gasteiger partial charge in [0.2, 0.25) is 11.8 Å². The molecule has 0 aromatic rings. The van der Waals surface area contributed by atoms with E-state index in [2.05, 4.69) is 5.32 Å². The lowest BCUT2D eigenvalue weighted by Gasteiger charge is -2.56. The molecule has 0 spiro atoms. The van der Waals surface area contributed by atoms with Crippen molar-refractivity contribution in [2.45, 2.75) is 50.6 Å². The van der Waals surface area contributed by atoms with Crippen molar-refractivity contribution in [1.29, 1.82) is 0 Å². The van der Waals surface area contributed by atoms with Gasteiger partial charge in [-0.25, -0.2) is 0 Å². The zero-order valence-electron chi connectivity index (χ0n) is 11.5. The Morgan fingerprint density at radius 2 is 1.58 bits per heavy atom. The number of likely N-dealkylation sites (N-methyl/N-ethyl adjacent to an activating group) is 1. The van der Waals surface area contributed by atoms with Gasteiger partial charge in [0, 0.05) is 6.04 Å². The van der Waals surface area contributed by atoms with E-state index in [1.165, 1.54) is 32.1 Å². The molecule has 4 heteroatoms. The predicted molar refractivity (Wildman–Crippen MR) is 70.2 cm³/mol. The number of likely N-dealkylation sites (tertiary alicyclic amines) is 1. The third kappa shape index (κ3) is 1.62. The molecule has 0 aromatic carbocycles. The van der Waals surface area contributed by atoms with Gasteiger partial charge >= 0.3 is 0 Å². The number of carbonyl (C=O) groups excluding carboxylic acids is 2. The van der Waals surface area contributed by atoms with E-state index < -0.39 is 0 Å². The molecule has 4 nitrogen and oxygen atoms in total. The lowest BCUT2D eigenvalue weighted by atomic mass is 9.54. The average Bonchev–Trinajstić information content (AvgIpc) is 2.65. The molecule has 1 aliphatic heterocycles. The van der Waals surface area contributed by atoms with Crippen molar-refractivity contribution in [2.75, 3.05) is 7.05 Å². The third-order valence-electron chi connectivity index (χ3n) is 6.01. The number of rotatable bonds is 2. The monoisotopic (exact) mass is 262 g/mol. The van der Waals surface area contributed by atoms with E-state index in [1.807, 2.05) is 0 Å². The standard InChI is InChI=1S/C15H22N2O2/c1-16-12-7-13(18)17(15(12)19)14-10-3-8-2-9(5-10)6-11(14)4-8/h8-12,14,16H,2-7H2,1H3. The van der Waals surface area contributed by atoms with E-state index in [-0.39, 0.29) is 23.9 Å². The van der Waals surface area contributed by atoms with E-state index in [9.17, 15) is 9.59 Å². The molecular weight excluding hydrogens is 240 g/mol. The minimum absolute atomic E-state index is 0.0324. The molecule has 0 aromatic heterocycles. The second kappa shape index (κ2) is 4.05. The zero-order valence-corrected chi connectivity index (χ0v) is 11.5. The first-order valence-electron chi connectivity index (χ1n) is 7.70. The van der Waals surface area contributed by atoms with Gasteiger partial charge in [0.25, 0.3) is 0 Å². The molecule has 19 heavy (non-hydrogen) atoms. The molecule has 4 aliphatic carbocycles. The summed E-state index contributed by atoms with van der Waals surface area (Å²) in [7, 11) is 1.77. The normalized spacial score (nSPS) is 48.4. The van der Waals surface area contributed by atoms with Crippen LogP contribution in [0.3, 0.4) is 0 Å². The van der Waals surface area contributed by atoms with Gasteiger partial charge in [-0.3, -0.25) is 14.5 Å². The predicted octanol–water partition coefficient (Wildman–Crippen LogP) is 1.16. The van der Waals surface area contributed by atoms with Crippen LogP contribution in [-0.4, -0.2) is 35.8 Å². The smallest absolute Gasteiger partial charge is 0.247 e. The minimum atomic E-state index is -0.273.